The van der Waals surface area contributed by atoms with Crippen molar-refractivity contribution in [3.05, 3.63) is 23.8 Å². The summed E-state index contributed by atoms with van der Waals surface area (Å²) in [6, 6.07) is 5.60. The Balaban J connectivity index is 1.95. The molecule has 1 N–H and O–H groups in total. The maximum Gasteiger partial charge on any atom is 0.410 e. The Morgan fingerprint density at radius 2 is 2.13 bits per heavy atom. The predicted octanol–water partition coefficient (Wildman–Crippen LogP) is 3.73. The lowest BCUT2D eigenvalue weighted by Gasteiger charge is -2.28. The van der Waals surface area contributed by atoms with Crippen LogP contribution in [0.4, 0.5) is 4.79 Å². The molecular formula is C18H27NO4. The average molecular weight is 321 g/mol. The molecule has 0 aromatic heterocycles. The van der Waals surface area contributed by atoms with E-state index in [2.05, 4.69) is 0 Å². The number of rotatable bonds is 4. The van der Waals surface area contributed by atoms with E-state index >= 15 is 0 Å². The molecule has 1 aliphatic rings. The summed E-state index contributed by atoms with van der Waals surface area (Å²) in [6.45, 7) is 6.43. The number of methoxy groups -OCH3 is 1. The van der Waals surface area contributed by atoms with Crippen LogP contribution < -0.4 is 4.74 Å². The zero-order valence-corrected chi connectivity index (χ0v) is 14.5. The van der Waals surface area contributed by atoms with Crippen LogP contribution >= 0.6 is 0 Å². The molecule has 1 aromatic rings. The number of phenolic OH excluding ortho intramolecular Hbond substituents is 1. The first kappa shape index (κ1) is 17.4. The van der Waals surface area contributed by atoms with Crippen molar-refractivity contribution in [2.75, 3.05) is 13.7 Å². The van der Waals surface area contributed by atoms with Gasteiger partial charge in [-0.15, -0.1) is 0 Å². The fourth-order valence-corrected chi connectivity index (χ4v) is 2.91. The maximum atomic E-state index is 12.3. The van der Waals surface area contributed by atoms with E-state index in [0.717, 1.165) is 37.8 Å². The normalized spacial score (nSPS) is 18.1. The van der Waals surface area contributed by atoms with Crippen molar-refractivity contribution in [3.8, 4) is 11.5 Å². The molecule has 0 bridgehead atoms. The predicted molar refractivity (Wildman–Crippen MR) is 88.9 cm³/mol. The van der Waals surface area contributed by atoms with Crippen molar-refractivity contribution >= 4 is 6.09 Å². The molecule has 1 saturated heterocycles. The Labute approximate surface area is 138 Å². The van der Waals surface area contributed by atoms with Crippen molar-refractivity contribution < 1.29 is 19.4 Å². The van der Waals surface area contributed by atoms with Crippen LogP contribution in [-0.2, 0) is 11.2 Å². The van der Waals surface area contributed by atoms with Crippen molar-refractivity contribution in [1.29, 1.82) is 0 Å². The highest BCUT2D eigenvalue weighted by atomic mass is 16.6. The Bertz CT molecular complexity index is 550. The second kappa shape index (κ2) is 7.11. The largest absolute Gasteiger partial charge is 0.504 e. The van der Waals surface area contributed by atoms with Gasteiger partial charge in [0.1, 0.15) is 5.60 Å². The van der Waals surface area contributed by atoms with Crippen LogP contribution in [0.2, 0.25) is 0 Å². The number of phenols is 1. The molecule has 1 amide bonds. The number of ether oxygens (including phenoxy) is 2. The van der Waals surface area contributed by atoms with E-state index in [9.17, 15) is 9.90 Å². The van der Waals surface area contributed by atoms with Crippen molar-refractivity contribution in [2.45, 2.75) is 58.1 Å². The van der Waals surface area contributed by atoms with Gasteiger partial charge in [-0.25, -0.2) is 4.79 Å². The quantitative estimate of drug-likeness (QED) is 0.918. The standard InChI is InChI=1S/C18H27NO4/c1-18(2,3)23-17(21)19-11-5-6-14(19)9-7-13-8-10-15(20)16(12-13)22-4/h8,10,12,14,20H,5-7,9,11H2,1-4H3. The van der Waals surface area contributed by atoms with Crippen LogP contribution in [0.25, 0.3) is 0 Å². The highest BCUT2D eigenvalue weighted by molar-refractivity contribution is 5.68. The van der Waals surface area contributed by atoms with E-state index in [1.807, 2.05) is 37.8 Å². The molecule has 1 aliphatic heterocycles. The fraction of sp³-hybridized carbons (Fsp3) is 0.611. The lowest BCUT2D eigenvalue weighted by molar-refractivity contribution is 0.0220. The lowest BCUT2D eigenvalue weighted by Crippen LogP contribution is -2.40. The Hall–Kier alpha value is -1.91. The Morgan fingerprint density at radius 1 is 1.39 bits per heavy atom. The number of hydrogen-bond acceptors (Lipinski definition) is 4. The number of carbonyl (C=O) groups excluding carboxylic acids is 1. The van der Waals surface area contributed by atoms with Gasteiger partial charge in [0.15, 0.2) is 11.5 Å². The summed E-state index contributed by atoms with van der Waals surface area (Å²) in [4.78, 5) is 14.1. The van der Waals surface area contributed by atoms with Crippen molar-refractivity contribution in [1.82, 2.24) is 4.90 Å². The van der Waals surface area contributed by atoms with Crippen LogP contribution in [0.5, 0.6) is 11.5 Å². The summed E-state index contributed by atoms with van der Waals surface area (Å²) < 4.78 is 10.6. The van der Waals surface area contributed by atoms with E-state index in [-0.39, 0.29) is 17.9 Å². The van der Waals surface area contributed by atoms with E-state index in [1.54, 1.807) is 13.2 Å². The number of benzene rings is 1. The fourth-order valence-electron chi connectivity index (χ4n) is 2.91. The summed E-state index contributed by atoms with van der Waals surface area (Å²) in [5, 5.41) is 9.64. The van der Waals surface area contributed by atoms with Crippen LogP contribution in [0.3, 0.4) is 0 Å². The van der Waals surface area contributed by atoms with Crippen LogP contribution in [0.15, 0.2) is 18.2 Å². The SMILES string of the molecule is COc1cc(CCC2CCCN2C(=O)OC(C)(C)C)ccc1O. The molecule has 1 atom stereocenters. The molecule has 0 saturated carbocycles. The molecule has 0 spiro atoms. The van der Waals surface area contributed by atoms with Crippen molar-refractivity contribution in [3.63, 3.8) is 0 Å². The summed E-state index contributed by atoms with van der Waals surface area (Å²) >= 11 is 0. The van der Waals surface area contributed by atoms with Crippen LogP contribution in [-0.4, -0.2) is 41.4 Å². The minimum absolute atomic E-state index is 0.146. The summed E-state index contributed by atoms with van der Waals surface area (Å²) in [5.74, 6) is 0.630. The number of amides is 1. The molecule has 5 heteroatoms. The Kier molecular flexibility index (Phi) is 5.39. The molecule has 1 unspecified atom stereocenters. The third-order valence-electron chi connectivity index (χ3n) is 4.02. The topological polar surface area (TPSA) is 59.0 Å². The number of aromatic hydroxyl groups is 1. The third kappa shape index (κ3) is 4.78. The van der Waals surface area contributed by atoms with Gasteiger partial charge in [-0.1, -0.05) is 6.07 Å². The van der Waals surface area contributed by atoms with Gasteiger partial charge in [-0.2, -0.15) is 0 Å². The van der Waals surface area contributed by atoms with E-state index < -0.39 is 5.60 Å². The number of aryl methyl sites for hydroxylation is 1. The Morgan fingerprint density at radius 3 is 2.78 bits per heavy atom. The highest BCUT2D eigenvalue weighted by Gasteiger charge is 2.31. The second-order valence-corrected chi connectivity index (χ2v) is 7.01. The minimum atomic E-state index is -0.464. The molecule has 0 radical (unpaired) electrons. The van der Waals surface area contributed by atoms with Gasteiger partial charge in [0.25, 0.3) is 0 Å². The zero-order chi connectivity index (χ0) is 17.0. The third-order valence-corrected chi connectivity index (χ3v) is 4.02. The molecule has 2 rings (SSSR count). The van der Waals surface area contributed by atoms with Crippen LogP contribution in [0, 0.1) is 0 Å². The number of likely N-dealkylation sites (tertiary alicyclic amines) is 1. The second-order valence-electron chi connectivity index (χ2n) is 7.01. The van der Waals surface area contributed by atoms with Crippen molar-refractivity contribution in [2.24, 2.45) is 0 Å². The zero-order valence-electron chi connectivity index (χ0n) is 14.5. The summed E-state index contributed by atoms with van der Waals surface area (Å²) in [6.07, 6.45) is 3.52. The summed E-state index contributed by atoms with van der Waals surface area (Å²) in [5.41, 5.74) is 0.629. The van der Waals surface area contributed by atoms with E-state index in [1.165, 1.54) is 0 Å². The van der Waals surface area contributed by atoms with Crippen LogP contribution in [0.1, 0.15) is 45.6 Å². The molecule has 1 aromatic carbocycles. The first-order valence-electron chi connectivity index (χ1n) is 8.15. The first-order chi connectivity index (χ1) is 10.8. The van der Waals surface area contributed by atoms with E-state index in [4.69, 9.17) is 9.47 Å². The molecule has 5 nitrogen and oxygen atoms in total. The van der Waals surface area contributed by atoms with Gasteiger partial charge >= 0.3 is 6.09 Å². The number of carbonyl (C=O) groups is 1. The summed E-state index contributed by atoms with van der Waals surface area (Å²) in [7, 11) is 1.54. The molecular weight excluding hydrogens is 294 g/mol. The van der Waals surface area contributed by atoms with Gasteiger partial charge in [-0.05, 0) is 64.2 Å². The van der Waals surface area contributed by atoms with Gasteiger partial charge in [0, 0.05) is 12.6 Å². The molecule has 0 aliphatic carbocycles. The highest BCUT2D eigenvalue weighted by Crippen LogP contribution is 2.29. The smallest absolute Gasteiger partial charge is 0.410 e. The van der Waals surface area contributed by atoms with Gasteiger partial charge in [0.05, 0.1) is 7.11 Å². The van der Waals surface area contributed by atoms with E-state index in [0.29, 0.717) is 5.75 Å². The minimum Gasteiger partial charge on any atom is -0.504 e. The average Bonchev–Trinajstić information content (AvgIpc) is 2.93. The molecule has 1 fully saturated rings. The number of hydrogen-bond donors (Lipinski definition) is 1. The molecule has 128 valence electrons. The first-order valence-corrected chi connectivity index (χ1v) is 8.15. The van der Waals surface area contributed by atoms with Gasteiger partial charge in [0.2, 0.25) is 0 Å². The van der Waals surface area contributed by atoms with Gasteiger partial charge < -0.3 is 19.5 Å². The van der Waals surface area contributed by atoms with Gasteiger partial charge in [-0.3, -0.25) is 0 Å². The lowest BCUT2D eigenvalue weighted by atomic mass is 10.0. The maximum absolute atomic E-state index is 12.3. The number of nitrogens with zero attached hydrogens (tertiary/aromatic N) is 1. The molecule has 1 heterocycles. The monoisotopic (exact) mass is 321 g/mol. The molecule has 23 heavy (non-hydrogen) atoms.